The molecule has 0 fully saturated rings. The molecule has 6 heteroatoms. The van der Waals surface area contributed by atoms with E-state index in [1.807, 2.05) is 4.98 Å². The molecule has 0 saturated heterocycles. The Bertz CT molecular complexity index is 316. The van der Waals surface area contributed by atoms with Gasteiger partial charge in [0.05, 0.1) is 12.7 Å². The molecule has 0 amide bonds. The molecule has 1 N–H and O–H groups in total. The molecule has 13 heavy (non-hydrogen) atoms. The monoisotopic (exact) mass is 193 g/mol. The van der Waals surface area contributed by atoms with Gasteiger partial charge in [0.15, 0.2) is 0 Å². The van der Waals surface area contributed by atoms with Crippen LogP contribution in [0.4, 0.5) is 13.2 Å². The SMILES string of the molecule is COC(=O)c1c[nH]c(C(F)(F)F)c1. The van der Waals surface area contributed by atoms with Crippen molar-refractivity contribution in [2.45, 2.75) is 6.18 Å². The van der Waals surface area contributed by atoms with E-state index in [9.17, 15) is 18.0 Å². The summed E-state index contributed by atoms with van der Waals surface area (Å²) < 4.78 is 40.2. The molecule has 0 radical (unpaired) electrons. The van der Waals surface area contributed by atoms with Crippen LogP contribution in [0.25, 0.3) is 0 Å². The summed E-state index contributed by atoms with van der Waals surface area (Å²) in [5, 5.41) is 0. The number of rotatable bonds is 1. The van der Waals surface area contributed by atoms with Crippen molar-refractivity contribution in [1.29, 1.82) is 0 Å². The molecule has 0 spiro atoms. The first kappa shape index (κ1) is 9.63. The van der Waals surface area contributed by atoms with E-state index in [2.05, 4.69) is 4.74 Å². The molecule has 0 aliphatic rings. The first-order chi connectivity index (χ1) is 5.95. The van der Waals surface area contributed by atoms with Gasteiger partial charge >= 0.3 is 12.1 Å². The van der Waals surface area contributed by atoms with Crippen molar-refractivity contribution in [3.63, 3.8) is 0 Å². The maximum atomic E-state index is 12.0. The third-order valence-electron chi connectivity index (χ3n) is 1.41. The highest BCUT2D eigenvalue weighted by atomic mass is 19.4. The molecule has 1 aromatic heterocycles. The summed E-state index contributed by atoms with van der Waals surface area (Å²) >= 11 is 0. The van der Waals surface area contributed by atoms with Gasteiger partial charge < -0.3 is 9.72 Å². The summed E-state index contributed by atoms with van der Waals surface area (Å²) in [6, 6.07) is 0.700. The largest absolute Gasteiger partial charge is 0.465 e. The van der Waals surface area contributed by atoms with Crippen molar-refractivity contribution in [2.24, 2.45) is 0 Å². The second-order valence-corrected chi connectivity index (χ2v) is 2.29. The van der Waals surface area contributed by atoms with Gasteiger partial charge in [0, 0.05) is 6.20 Å². The molecule has 0 aromatic carbocycles. The average molecular weight is 193 g/mol. The van der Waals surface area contributed by atoms with Gasteiger partial charge in [-0.05, 0) is 6.07 Å². The van der Waals surface area contributed by atoms with E-state index in [1.165, 1.54) is 0 Å². The zero-order valence-electron chi connectivity index (χ0n) is 6.61. The summed E-state index contributed by atoms with van der Waals surface area (Å²) in [5.41, 5.74) is -1.11. The van der Waals surface area contributed by atoms with Crippen LogP contribution in [0.5, 0.6) is 0 Å². The van der Waals surface area contributed by atoms with E-state index in [1.54, 1.807) is 0 Å². The number of aromatic amines is 1. The molecule has 72 valence electrons. The molecule has 1 aromatic rings. The number of carbonyl (C=O) groups is 1. The summed E-state index contributed by atoms with van der Waals surface area (Å²) in [4.78, 5) is 12.7. The number of H-pyrrole nitrogens is 1. The second-order valence-electron chi connectivity index (χ2n) is 2.29. The lowest BCUT2D eigenvalue weighted by atomic mass is 10.3. The zero-order chi connectivity index (χ0) is 10.1. The highest BCUT2D eigenvalue weighted by molar-refractivity contribution is 5.89. The van der Waals surface area contributed by atoms with Gasteiger partial charge in [0.1, 0.15) is 5.69 Å². The molecule has 0 saturated carbocycles. The number of esters is 1. The Labute approximate surface area is 71.5 Å². The molecule has 0 aliphatic carbocycles. The van der Waals surface area contributed by atoms with Crippen LogP contribution >= 0.6 is 0 Å². The molecule has 0 atom stereocenters. The van der Waals surface area contributed by atoms with Crippen LogP contribution in [0.15, 0.2) is 12.3 Å². The maximum Gasteiger partial charge on any atom is 0.431 e. The zero-order valence-corrected chi connectivity index (χ0v) is 6.61. The first-order valence-electron chi connectivity index (χ1n) is 3.29. The molecular weight excluding hydrogens is 187 g/mol. The van der Waals surface area contributed by atoms with E-state index in [4.69, 9.17) is 0 Å². The summed E-state index contributed by atoms with van der Waals surface area (Å²) in [6.45, 7) is 0. The average Bonchev–Trinajstić information content (AvgIpc) is 2.50. The quantitative estimate of drug-likeness (QED) is 0.691. The number of carbonyl (C=O) groups excluding carboxylic acids is 1. The molecular formula is C7H6F3NO2. The number of hydrogen-bond acceptors (Lipinski definition) is 2. The van der Waals surface area contributed by atoms with Crippen LogP contribution in [-0.4, -0.2) is 18.1 Å². The fourth-order valence-electron chi connectivity index (χ4n) is 0.794. The molecule has 3 nitrogen and oxygen atoms in total. The Morgan fingerprint density at radius 2 is 2.15 bits per heavy atom. The number of hydrogen-bond donors (Lipinski definition) is 1. The standard InChI is InChI=1S/C7H6F3NO2/c1-13-6(12)4-2-5(11-3-4)7(8,9)10/h2-3,11H,1H3. The van der Waals surface area contributed by atoms with Gasteiger partial charge in [-0.15, -0.1) is 0 Å². The van der Waals surface area contributed by atoms with Crippen LogP contribution in [0.1, 0.15) is 16.1 Å². The van der Waals surface area contributed by atoms with Gasteiger partial charge in [-0.25, -0.2) is 4.79 Å². The Kier molecular flexibility index (Phi) is 2.31. The van der Waals surface area contributed by atoms with Crippen molar-refractivity contribution in [1.82, 2.24) is 4.98 Å². The second kappa shape index (κ2) is 3.12. The molecule has 1 rings (SSSR count). The first-order valence-corrected chi connectivity index (χ1v) is 3.29. The number of methoxy groups -OCH3 is 1. The van der Waals surface area contributed by atoms with Crippen molar-refractivity contribution < 1.29 is 22.7 Å². The number of alkyl halides is 3. The van der Waals surface area contributed by atoms with Crippen molar-refractivity contribution in [3.05, 3.63) is 23.5 Å². The minimum absolute atomic E-state index is 0.144. The minimum atomic E-state index is -4.47. The van der Waals surface area contributed by atoms with Crippen LogP contribution < -0.4 is 0 Å². The number of aromatic nitrogens is 1. The Hall–Kier alpha value is -1.46. The van der Waals surface area contributed by atoms with Gasteiger partial charge in [-0.2, -0.15) is 13.2 Å². The summed E-state index contributed by atoms with van der Waals surface area (Å²) in [5.74, 6) is -0.799. The van der Waals surface area contributed by atoms with E-state index in [0.29, 0.717) is 6.07 Å². The lowest BCUT2D eigenvalue weighted by Crippen LogP contribution is -2.05. The van der Waals surface area contributed by atoms with E-state index >= 15 is 0 Å². The fraction of sp³-hybridized carbons (Fsp3) is 0.286. The molecule has 1 heterocycles. The van der Waals surface area contributed by atoms with Crippen molar-refractivity contribution in [2.75, 3.05) is 7.11 Å². The summed E-state index contributed by atoms with van der Waals surface area (Å²) in [6.07, 6.45) is -3.51. The molecule has 0 aliphatic heterocycles. The Balaban J connectivity index is 2.93. The number of halogens is 3. The molecule has 0 unspecified atom stereocenters. The van der Waals surface area contributed by atoms with Crippen molar-refractivity contribution in [3.8, 4) is 0 Å². The summed E-state index contributed by atoms with van der Waals surface area (Å²) in [7, 11) is 1.10. The van der Waals surface area contributed by atoms with E-state index in [-0.39, 0.29) is 5.56 Å². The maximum absolute atomic E-state index is 12.0. The van der Waals surface area contributed by atoms with Crippen LogP contribution in [0.3, 0.4) is 0 Å². The third-order valence-corrected chi connectivity index (χ3v) is 1.41. The predicted octanol–water partition coefficient (Wildman–Crippen LogP) is 1.82. The minimum Gasteiger partial charge on any atom is -0.465 e. The van der Waals surface area contributed by atoms with Crippen LogP contribution in [-0.2, 0) is 10.9 Å². The smallest absolute Gasteiger partial charge is 0.431 e. The Morgan fingerprint density at radius 3 is 2.54 bits per heavy atom. The highest BCUT2D eigenvalue weighted by Crippen LogP contribution is 2.28. The van der Waals surface area contributed by atoms with Crippen LogP contribution in [0, 0.1) is 0 Å². The number of nitrogens with one attached hydrogen (secondary N) is 1. The lowest BCUT2D eigenvalue weighted by molar-refractivity contribution is -0.140. The van der Waals surface area contributed by atoms with Gasteiger partial charge in [-0.3, -0.25) is 0 Å². The van der Waals surface area contributed by atoms with Gasteiger partial charge in [0.25, 0.3) is 0 Å². The van der Waals surface area contributed by atoms with E-state index in [0.717, 1.165) is 13.3 Å². The highest BCUT2D eigenvalue weighted by Gasteiger charge is 2.32. The van der Waals surface area contributed by atoms with Gasteiger partial charge in [-0.1, -0.05) is 0 Å². The Morgan fingerprint density at radius 1 is 1.54 bits per heavy atom. The normalized spacial score (nSPS) is 11.4. The van der Waals surface area contributed by atoms with E-state index < -0.39 is 17.8 Å². The van der Waals surface area contributed by atoms with Crippen molar-refractivity contribution >= 4 is 5.97 Å². The third kappa shape index (κ3) is 2.01. The molecule has 0 bridgehead atoms. The van der Waals surface area contributed by atoms with Gasteiger partial charge in [0.2, 0.25) is 0 Å². The predicted molar refractivity (Wildman–Crippen MR) is 37.1 cm³/mol. The number of ether oxygens (including phenoxy) is 1. The fourth-order valence-corrected chi connectivity index (χ4v) is 0.794. The van der Waals surface area contributed by atoms with Crippen LogP contribution in [0.2, 0.25) is 0 Å². The topological polar surface area (TPSA) is 42.1 Å². The lowest BCUT2D eigenvalue weighted by Gasteiger charge is -2.00.